The first kappa shape index (κ1) is 12.2. The fraction of sp³-hybridized carbons (Fsp3) is 0.333. The number of carbonyl (C=O) groups is 1. The normalized spacial score (nSPS) is 23.8. The standard InChI is InChI=1S/C9H9F2NO4/c1-16-7-3-2-5(8(13)14)9(10,11)6(7)4-12-15/h2-5,15H,1H3,(H,13,14). The largest absolute Gasteiger partial charge is 0.496 e. The molecule has 0 fully saturated rings. The molecule has 2 N–H and O–H groups in total. The van der Waals surface area contributed by atoms with Gasteiger partial charge in [0.1, 0.15) is 11.7 Å². The Morgan fingerprint density at radius 3 is 2.75 bits per heavy atom. The van der Waals surface area contributed by atoms with Gasteiger partial charge in [0.2, 0.25) is 0 Å². The lowest BCUT2D eigenvalue weighted by atomic mass is 9.89. The van der Waals surface area contributed by atoms with Gasteiger partial charge in [-0.3, -0.25) is 4.79 Å². The highest BCUT2D eigenvalue weighted by Gasteiger charge is 2.49. The molecule has 0 heterocycles. The second kappa shape index (κ2) is 4.30. The number of hydrogen-bond acceptors (Lipinski definition) is 4. The third kappa shape index (κ3) is 1.88. The third-order valence-electron chi connectivity index (χ3n) is 2.13. The summed E-state index contributed by atoms with van der Waals surface area (Å²) >= 11 is 0. The molecule has 0 spiro atoms. The maximum absolute atomic E-state index is 13.6. The summed E-state index contributed by atoms with van der Waals surface area (Å²) in [7, 11) is 1.15. The van der Waals surface area contributed by atoms with Gasteiger partial charge in [0, 0.05) is 0 Å². The van der Waals surface area contributed by atoms with Gasteiger partial charge >= 0.3 is 5.97 Å². The third-order valence-corrected chi connectivity index (χ3v) is 2.13. The van der Waals surface area contributed by atoms with E-state index in [4.69, 9.17) is 10.3 Å². The molecule has 7 heteroatoms. The fourth-order valence-corrected chi connectivity index (χ4v) is 1.35. The minimum Gasteiger partial charge on any atom is -0.496 e. The number of methoxy groups -OCH3 is 1. The highest BCUT2D eigenvalue weighted by atomic mass is 19.3. The highest BCUT2D eigenvalue weighted by Crippen LogP contribution is 2.38. The van der Waals surface area contributed by atoms with Crippen molar-refractivity contribution in [2.75, 3.05) is 7.11 Å². The number of alkyl halides is 2. The van der Waals surface area contributed by atoms with Crippen LogP contribution in [0.4, 0.5) is 8.78 Å². The molecular weight excluding hydrogens is 224 g/mol. The van der Waals surface area contributed by atoms with Gasteiger partial charge in [0.05, 0.1) is 18.9 Å². The van der Waals surface area contributed by atoms with E-state index in [-0.39, 0.29) is 5.76 Å². The van der Waals surface area contributed by atoms with Crippen LogP contribution in [-0.2, 0) is 9.53 Å². The molecule has 88 valence electrons. The van der Waals surface area contributed by atoms with Crippen molar-refractivity contribution in [2.24, 2.45) is 11.1 Å². The Morgan fingerprint density at radius 1 is 1.69 bits per heavy atom. The molecule has 0 aromatic carbocycles. The summed E-state index contributed by atoms with van der Waals surface area (Å²) < 4.78 is 31.9. The van der Waals surface area contributed by atoms with Crippen molar-refractivity contribution in [3.05, 3.63) is 23.5 Å². The lowest BCUT2D eigenvalue weighted by Crippen LogP contribution is -2.38. The van der Waals surface area contributed by atoms with E-state index in [1.807, 2.05) is 0 Å². The summed E-state index contributed by atoms with van der Waals surface area (Å²) in [4.78, 5) is 10.6. The molecule has 1 rings (SSSR count). The number of aliphatic carboxylic acids is 1. The SMILES string of the molecule is COC1=C(C=NO)C(F)(F)C(C(=O)O)C=C1. The number of carboxylic acid groups (broad SMARTS) is 1. The number of hydrogen-bond donors (Lipinski definition) is 2. The van der Waals surface area contributed by atoms with Gasteiger partial charge < -0.3 is 15.1 Å². The van der Waals surface area contributed by atoms with Crippen LogP contribution in [0, 0.1) is 5.92 Å². The van der Waals surface area contributed by atoms with Crippen LogP contribution in [0.3, 0.4) is 0 Å². The maximum atomic E-state index is 13.6. The molecule has 1 aliphatic rings. The first-order valence-corrected chi connectivity index (χ1v) is 4.20. The molecule has 1 atom stereocenters. The van der Waals surface area contributed by atoms with Gasteiger partial charge in [-0.15, -0.1) is 0 Å². The van der Waals surface area contributed by atoms with Gasteiger partial charge in [0.25, 0.3) is 5.92 Å². The zero-order valence-electron chi connectivity index (χ0n) is 8.22. The Bertz CT molecular complexity index is 387. The quantitative estimate of drug-likeness (QED) is 0.437. The van der Waals surface area contributed by atoms with E-state index in [9.17, 15) is 13.6 Å². The number of nitrogens with zero attached hydrogens (tertiary/aromatic N) is 1. The fourth-order valence-electron chi connectivity index (χ4n) is 1.35. The van der Waals surface area contributed by atoms with E-state index in [1.54, 1.807) is 0 Å². The van der Waals surface area contributed by atoms with Crippen LogP contribution in [0.1, 0.15) is 0 Å². The van der Waals surface area contributed by atoms with Crippen LogP contribution in [0.2, 0.25) is 0 Å². The maximum Gasteiger partial charge on any atom is 0.316 e. The Labute approximate surface area is 89.3 Å². The average molecular weight is 233 g/mol. The van der Waals surface area contributed by atoms with Crippen molar-refractivity contribution in [3.8, 4) is 0 Å². The lowest BCUT2D eigenvalue weighted by molar-refractivity contribution is -0.149. The highest BCUT2D eigenvalue weighted by molar-refractivity contribution is 5.86. The molecule has 0 saturated carbocycles. The number of allylic oxidation sites excluding steroid dienone is 2. The zero-order chi connectivity index (χ0) is 12.3. The monoisotopic (exact) mass is 233 g/mol. The van der Waals surface area contributed by atoms with Crippen LogP contribution in [-0.4, -0.2) is 35.5 Å². The first-order chi connectivity index (χ1) is 7.45. The van der Waals surface area contributed by atoms with E-state index >= 15 is 0 Å². The summed E-state index contributed by atoms with van der Waals surface area (Å²) in [6.07, 6.45) is 2.40. The second-order valence-corrected chi connectivity index (χ2v) is 3.02. The van der Waals surface area contributed by atoms with Crippen molar-refractivity contribution < 1.29 is 28.6 Å². The molecule has 0 radical (unpaired) electrons. The summed E-state index contributed by atoms with van der Waals surface area (Å²) in [6.45, 7) is 0. The minimum absolute atomic E-state index is 0.236. The van der Waals surface area contributed by atoms with E-state index < -0.39 is 23.4 Å². The predicted octanol–water partition coefficient (Wildman–Crippen LogP) is 1.25. The molecule has 0 aromatic rings. The summed E-state index contributed by atoms with van der Waals surface area (Å²) in [5.74, 6) is -7.59. The molecule has 16 heavy (non-hydrogen) atoms. The molecular formula is C9H9F2NO4. The summed E-state index contributed by atoms with van der Waals surface area (Å²) in [5, 5.41) is 19.4. The number of rotatable bonds is 3. The topological polar surface area (TPSA) is 79.1 Å². The van der Waals surface area contributed by atoms with Gasteiger partial charge in [0.15, 0.2) is 0 Å². The molecule has 0 bridgehead atoms. The van der Waals surface area contributed by atoms with Crippen molar-refractivity contribution in [1.82, 2.24) is 0 Å². The lowest BCUT2D eigenvalue weighted by Gasteiger charge is -2.26. The van der Waals surface area contributed by atoms with Crippen molar-refractivity contribution in [1.29, 1.82) is 0 Å². The Balaban J connectivity index is 3.27. The molecule has 5 nitrogen and oxygen atoms in total. The van der Waals surface area contributed by atoms with Crippen LogP contribution in [0.5, 0.6) is 0 Å². The minimum atomic E-state index is -3.68. The average Bonchev–Trinajstić information content (AvgIpc) is 2.20. The second-order valence-electron chi connectivity index (χ2n) is 3.02. The van der Waals surface area contributed by atoms with Gasteiger partial charge in [-0.1, -0.05) is 11.2 Å². The molecule has 1 aliphatic carbocycles. The molecule has 0 saturated heterocycles. The van der Waals surface area contributed by atoms with E-state index in [0.717, 1.165) is 19.3 Å². The van der Waals surface area contributed by atoms with Crippen LogP contribution in [0.25, 0.3) is 0 Å². The van der Waals surface area contributed by atoms with Crippen molar-refractivity contribution in [3.63, 3.8) is 0 Å². The zero-order valence-corrected chi connectivity index (χ0v) is 8.22. The first-order valence-electron chi connectivity index (χ1n) is 4.20. The van der Waals surface area contributed by atoms with Crippen molar-refractivity contribution >= 4 is 12.2 Å². The van der Waals surface area contributed by atoms with E-state index in [0.29, 0.717) is 6.21 Å². The van der Waals surface area contributed by atoms with Crippen LogP contribution in [0.15, 0.2) is 28.6 Å². The van der Waals surface area contributed by atoms with Gasteiger partial charge in [-0.25, -0.2) is 0 Å². The number of carboxylic acids is 1. The number of oxime groups is 1. The smallest absolute Gasteiger partial charge is 0.316 e. The van der Waals surface area contributed by atoms with E-state index in [2.05, 4.69) is 9.89 Å². The molecule has 0 aliphatic heterocycles. The summed E-state index contributed by atoms with van der Waals surface area (Å²) in [6, 6.07) is 0. The molecule has 0 aromatic heterocycles. The molecule has 1 unspecified atom stereocenters. The molecule has 0 amide bonds. The summed E-state index contributed by atoms with van der Waals surface area (Å²) in [5.41, 5.74) is -0.771. The number of ether oxygens (including phenoxy) is 1. The van der Waals surface area contributed by atoms with Crippen molar-refractivity contribution in [2.45, 2.75) is 5.92 Å². The van der Waals surface area contributed by atoms with E-state index in [1.165, 1.54) is 0 Å². The Morgan fingerprint density at radius 2 is 2.31 bits per heavy atom. The van der Waals surface area contributed by atoms with Crippen LogP contribution < -0.4 is 0 Å². The predicted molar refractivity (Wildman–Crippen MR) is 49.5 cm³/mol. The Hall–Kier alpha value is -1.92. The van der Waals surface area contributed by atoms with Gasteiger partial charge in [-0.05, 0) is 6.08 Å². The Kier molecular flexibility index (Phi) is 3.26. The number of halogens is 2. The van der Waals surface area contributed by atoms with Crippen LogP contribution >= 0.6 is 0 Å². The van der Waals surface area contributed by atoms with Gasteiger partial charge in [-0.2, -0.15) is 8.78 Å².